The normalized spacial score (nSPS) is 31.1. The van der Waals surface area contributed by atoms with E-state index in [-0.39, 0.29) is 41.2 Å². The third-order valence-corrected chi connectivity index (χ3v) is 5.26. The van der Waals surface area contributed by atoms with Gasteiger partial charge in [0.15, 0.2) is 11.5 Å². The van der Waals surface area contributed by atoms with E-state index in [1.54, 1.807) is 12.1 Å². The average molecular weight is 326 g/mol. The number of methoxy groups -OCH3 is 1. The number of phenols is 1. The highest BCUT2D eigenvalue weighted by Gasteiger charge is 2.56. The van der Waals surface area contributed by atoms with Gasteiger partial charge < -0.3 is 9.84 Å². The number of ether oxygens (including phenoxy) is 1. The molecule has 0 unspecified atom stereocenters. The van der Waals surface area contributed by atoms with Gasteiger partial charge in [-0.2, -0.15) is 10.1 Å². The molecule has 1 aromatic carbocycles. The molecular formula is C18H18N2O4. The van der Waals surface area contributed by atoms with Gasteiger partial charge in [0.25, 0.3) is 11.8 Å². The van der Waals surface area contributed by atoms with Crippen molar-refractivity contribution in [1.82, 2.24) is 5.01 Å². The number of carbonyl (C=O) groups excluding carboxylic acids is 2. The van der Waals surface area contributed by atoms with E-state index in [2.05, 4.69) is 17.3 Å². The number of aromatic hydroxyl groups is 1. The monoisotopic (exact) mass is 326 g/mol. The van der Waals surface area contributed by atoms with Crippen LogP contribution >= 0.6 is 0 Å². The topological polar surface area (TPSA) is 79.2 Å². The Labute approximate surface area is 139 Å². The number of hydrazone groups is 1. The lowest BCUT2D eigenvalue weighted by atomic mass is 9.63. The Hall–Kier alpha value is -2.63. The molecule has 24 heavy (non-hydrogen) atoms. The van der Waals surface area contributed by atoms with E-state index >= 15 is 0 Å². The van der Waals surface area contributed by atoms with E-state index in [4.69, 9.17) is 4.74 Å². The lowest BCUT2D eigenvalue weighted by molar-refractivity contribution is -0.140. The Morgan fingerprint density at radius 3 is 2.33 bits per heavy atom. The van der Waals surface area contributed by atoms with Crippen LogP contribution in [0.25, 0.3) is 0 Å². The molecule has 3 aliphatic carbocycles. The molecule has 6 nitrogen and oxygen atoms in total. The fourth-order valence-corrected chi connectivity index (χ4v) is 4.07. The second kappa shape index (κ2) is 5.47. The van der Waals surface area contributed by atoms with Crippen LogP contribution in [0.3, 0.4) is 0 Å². The first kappa shape index (κ1) is 14.9. The highest BCUT2D eigenvalue weighted by Crippen LogP contribution is 2.49. The van der Waals surface area contributed by atoms with Crippen molar-refractivity contribution in [1.29, 1.82) is 0 Å². The quantitative estimate of drug-likeness (QED) is 0.523. The summed E-state index contributed by atoms with van der Waals surface area (Å²) in [6, 6.07) is 4.73. The number of imide groups is 1. The number of benzene rings is 1. The predicted molar refractivity (Wildman–Crippen MR) is 86.4 cm³/mol. The van der Waals surface area contributed by atoms with E-state index in [0.717, 1.165) is 17.9 Å². The molecule has 4 atom stereocenters. The van der Waals surface area contributed by atoms with Crippen LogP contribution in [-0.4, -0.2) is 35.3 Å². The van der Waals surface area contributed by atoms with Gasteiger partial charge in [0.1, 0.15) is 0 Å². The molecule has 2 bridgehead atoms. The van der Waals surface area contributed by atoms with Crippen LogP contribution in [0, 0.1) is 23.7 Å². The Bertz CT molecular complexity index is 738. The highest BCUT2D eigenvalue weighted by molar-refractivity contribution is 6.06. The fourth-order valence-electron chi connectivity index (χ4n) is 4.07. The second-order valence-corrected chi connectivity index (χ2v) is 6.51. The van der Waals surface area contributed by atoms with Crippen molar-refractivity contribution in [2.45, 2.75) is 12.8 Å². The number of nitrogens with zero attached hydrogens (tertiary/aromatic N) is 2. The zero-order chi connectivity index (χ0) is 16.8. The maximum absolute atomic E-state index is 12.6. The first-order valence-corrected chi connectivity index (χ1v) is 8.07. The lowest BCUT2D eigenvalue weighted by Gasteiger charge is -2.37. The summed E-state index contributed by atoms with van der Waals surface area (Å²) in [6.07, 6.45) is 7.55. The molecule has 1 aromatic rings. The van der Waals surface area contributed by atoms with Gasteiger partial charge in [-0.1, -0.05) is 12.2 Å². The number of hydrogen-bond acceptors (Lipinski definition) is 5. The van der Waals surface area contributed by atoms with E-state index in [0.29, 0.717) is 11.3 Å². The maximum Gasteiger partial charge on any atom is 0.254 e. The van der Waals surface area contributed by atoms with Gasteiger partial charge in [-0.25, -0.2) is 0 Å². The van der Waals surface area contributed by atoms with Gasteiger partial charge in [0.05, 0.1) is 25.2 Å². The fraction of sp³-hybridized carbons (Fsp3) is 0.389. The molecule has 6 heteroatoms. The molecule has 0 radical (unpaired) electrons. The van der Waals surface area contributed by atoms with Crippen molar-refractivity contribution in [3.63, 3.8) is 0 Å². The van der Waals surface area contributed by atoms with E-state index in [9.17, 15) is 14.7 Å². The van der Waals surface area contributed by atoms with Gasteiger partial charge in [-0.15, -0.1) is 0 Å². The molecule has 1 aliphatic heterocycles. The zero-order valence-electron chi connectivity index (χ0n) is 13.3. The van der Waals surface area contributed by atoms with Crippen LogP contribution < -0.4 is 4.74 Å². The second-order valence-electron chi connectivity index (χ2n) is 6.51. The summed E-state index contributed by atoms with van der Waals surface area (Å²) in [7, 11) is 1.46. The van der Waals surface area contributed by atoms with E-state index in [1.807, 2.05) is 0 Å². The number of amides is 2. The number of hydrogen-bond donors (Lipinski definition) is 1. The predicted octanol–water partition coefficient (Wildman–Crippen LogP) is 1.93. The first-order chi connectivity index (χ1) is 11.6. The molecule has 1 saturated heterocycles. The van der Waals surface area contributed by atoms with Gasteiger partial charge in [-0.3, -0.25) is 9.59 Å². The molecule has 1 N–H and O–H groups in total. The van der Waals surface area contributed by atoms with Gasteiger partial charge in [0, 0.05) is 0 Å². The van der Waals surface area contributed by atoms with Crippen LogP contribution in [0.15, 0.2) is 35.5 Å². The average Bonchev–Trinajstić information content (AvgIpc) is 2.88. The zero-order valence-corrected chi connectivity index (χ0v) is 13.3. The molecule has 1 saturated carbocycles. The third kappa shape index (κ3) is 2.13. The molecule has 0 spiro atoms. The molecule has 4 aliphatic rings. The Morgan fingerprint density at radius 1 is 1.17 bits per heavy atom. The molecule has 0 aromatic heterocycles. The van der Waals surface area contributed by atoms with Crippen LogP contribution in [0.1, 0.15) is 18.4 Å². The first-order valence-electron chi connectivity index (χ1n) is 8.07. The SMILES string of the molecule is COc1cc(/C=N/N2C(=O)[C@@H]3[C@H](C2=O)[C@@H]2C=C[C@H]3CC2)ccc1O. The minimum absolute atomic E-state index is 0.0247. The summed E-state index contributed by atoms with van der Waals surface area (Å²) in [5.74, 6) is -0.265. The lowest BCUT2D eigenvalue weighted by Crippen LogP contribution is -2.38. The minimum atomic E-state index is -0.257. The Kier molecular flexibility index (Phi) is 3.40. The number of fused-ring (bicyclic) bond motifs is 1. The summed E-state index contributed by atoms with van der Waals surface area (Å²) < 4.78 is 5.05. The highest BCUT2D eigenvalue weighted by atomic mass is 16.5. The Balaban J connectivity index is 1.59. The van der Waals surface area contributed by atoms with Crippen LogP contribution in [-0.2, 0) is 9.59 Å². The van der Waals surface area contributed by atoms with Crippen molar-refractivity contribution in [2.24, 2.45) is 28.8 Å². The summed E-state index contributed by atoms with van der Waals surface area (Å²) in [5.41, 5.74) is 0.640. The number of allylic oxidation sites excluding steroid dienone is 2. The van der Waals surface area contributed by atoms with Crippen molar-refractivity contribution in [3.05, 3.63) is 35.9 Å². The van der Waals surface area contributed by atoms with Crippen molar-refractivity contribution < 1.29 is 19.4 Å². The molecular weight excluding hydrogens is 308 g/mol. The smallest absolute Gasteiger partial charge is 0.254 e. The third-order valence-electron chi connectivity index (χ3n) is 5.26. The number of carbonyl (C=O) groups is 2. The Morgan fingerprint density at radius 2 is 1.79 bits per heavy atom. The number of rotatable bonds is 3. The summed E-state index contributed by atoms with van der Waals surface area (Å²) in [6.45, 7) is 0. The van der Waals surface area contributed by atoms with Crippen LogP contribution in [0.4, 0.5) is 0 Å². The number of phenolic OH excluding ortho intramolecular Hbond substituents is 1. The molecule has 1 heterocycles. The summed E-state index contributed by atoms with van der Waals surface area (Å²) in [4.78, 5) is 25.3. The van der Waals surface area contributed by atoms with Crippen molar-refractivity contribution in [3.8, 4) is 11.5 Å². The summed E-state index contributed by atoms with van der Waals surface area (Å²) in [5, 5.41) is 14.8. The van der Waals surface area contributed by atoms with E-state index < -0.39 is 0 Å². The molecule has 124 valence electrons. The largest absolute Gasteiger partial charge is 0.504 e. The van der Waals surface area contributed by atoms with Crippen molar-refractivity contribution >= 4 is 18.0 Å². The summed E-state index contributed by atoms with van der Waals surface area (Å²) >= 11 is 0. The van der Waals surface area contributed by atoms with Gasteiger partial charge >= 0.3 is 0 Å². The van der Waals surface area contributed by atoms with E-state index in [1.165, 1.54) is 19.4 Å². The molecule has 2 amide bonds. The van der Waals surface area contributed by atoms with Crippen LogP contribution in [0.5, 0.6) is 11.5 Å². The standard InChI is InChI=1S/C18H18N2O4/c1-24-14-8-10(2-7-13(14)21)9-19-20-17(22)15-11-3-4-12(6-5-11)16(15)18(20)23/h2-4,7-9,11-12,15-16,21H,5-6H2,1H3/b19-9+/t11-,12+,15-,16+. The van der Waals surface area contributed by atoms with Gasteiger partial charge in [0.2, 0.25) is 0 Å². The molecule has 5 rings (SSSR count). The minimum Gasteiger partial charge on any atom is -0.504 e. The maximum atomic E-state index is 12.6. The van der Waals surface area contributed by atoms with Crippen LogP contribution in [0.2, 0.25) is 0 Å². The molecule has 2 fully saturated rings. The van der Waals surface area contributed by atoms with Gasteiger partial charge in [-0.05, 0) is 48.4 Å². The van der Waals surface area contributed by atoms with Crippen molar-refractivity contribution in [2.75, 3.05) is 7.11 Å².